The van der Waals surface area contributed by atoms with E-state index in [2.05, 4.69) is 5.32 Å². The number of esters is 1. The lowest BCUT2D eigenvalue weighted by atomic mass is 9.97. The number of unbranched alkanes of at least 4 members (excludes halogenated alkanes) is 1. The molecule has 1 aliphatic heterocycles. The van der Waals surface area contributed by atoms with E-state index in [4.69, 9.17) is 19.6 Å². The maximum atomic E-state index is 12.4. The van der Waals surface area contributed by atoms with Gasteiger partial charge in [-0.25, -0.2) is 4.79 Å². The Balaban J connectivity index is 1.29. The van der Waals surface area contributed by atoms with Crippen LogP contribution in [-0.4, -0.2) is 55.5 Å². The van der Waals surface area contributed by atoms with Gasteiger partial charge in [0.15, 0.2) is 0 Å². The lowest BCUT2D eigenvalue weighted by Gasteiger charge is -2.30. The number of carbonyl (C=O) groups excluding carboxylic acids is 3. The van der Waals surface area contributed by atoms with Crippen molar-refractivity contribution in [2.75, 3.05) is 26.8 Å². The summed E-state index contributed by atoms with van der Waals surface area (Å²) >= 11 is 0. The van der Waals surface area contributed by atoms with Crippen molar-refractivity contribution in [1.29, 1.82) is 5.41 Å². The summed E-state index contributed by atoms with van der Waals surface area (Å²) in [7, 11) is 1.39. The van der Waals surface area contributed by atoms with E-state index in [0.29, 0.717) is 56.7 Å². The maximum Gasteiger partial charge on any atom is 0.413 e. The van der Waals surface area contributed by atoms with Crippen molar-refractivity contribution in [3.8, 4) is 5.75 Å². The normalized spacial score (nSPS) is 13.5. The van der Waals surface area contributed by atoms with Crippen LogP contribution in [0.25, 0.3) is 0 Å². The van der Waals surface area contributed by atoms with Crippen LogP contribution in [0, 0.1) is 11.3 Å². The zero-order valence-electron chi connectivity index (χ0n) is 20.5. The predicted molar refractivity (Wildman–Crippen MR) is 134 cm³/mol. The monoisotopic (exact) mass is 495 g/mol. The predicted octanol–water partition coefficient (Wildman–Crippen LogP) is 3.90. The summed E-state index contributed by atoms with van der Waals surface area (Å²) in [5, 5.41) is 10.5. The number of nitrogens with zero attached hydrogens (tertiary/aromatic N) is 1. The summed E-state index contributed by atoms with van der Waals surface area (Å²) in [6.45, 7) is 1.79. The van der Waals surface area contributed by atoms with Crippen molar-refractivity contribution in [1.82, 2.24) is 10.2 Å². The summed E-state index contributed by atoms with van der Waals surface area (Å²) in [5.74, 6) is 0.396. The molecule has 0 aromatic heterocycles. The highest BCUT2D eigenvalue weighted by Crippen LogP contribution is 2.19. The Morgan fingerprint density at radius 1 is 1.00 bits per heavy atom. The third-order valence-electron chi connectivity index (χ3n) is 6.02. The zero-order valence-corrected chi connectivity index (χ0v) is 20.5. The van der Waals surface area contributed by atoms with Crippen LogP contribution >= 0.6 is 0 Å². The van der Waals surface area contributed by atoms with Gasteiger partial charge in [0, 0.05) is 25.1 Å². The van der Waals surface area contributed by atoms with Crippen molar-refractivity contribution in [2.24, 2.45) is 5.92 Å². The van der Waals surface area contributed by atoms with Gasteiger partial charge in [0.2, 0.25) is 5.91 Å². The van der Waals surface area contributed by atoms with E-state index in [0.717, 1.165) is 12.0 Å². The lowest BCUT2D eigenvalue weighted by Crippen LogP contribution is -2.40. The largest absolute Gasteiger partial charge is 0.494 e. The molecule has 0 spiro atoms. The second kappa shape index (κ2) is 13.9. The Bertz CT molecular complexity index is 1020. The van der Waals surface area contributed by atoms with E-state index in [-0.39, 0.29) is 30.2 Å². The number of methoxy groups -OCH3 is 1. The topological polar surface area (TPSA) is 118 Å². The molecule has 1 aliphatic rings. The van der Waals surface area contributed by atoms with Gasteiger partial charge in [0.05, 0.1) is 19.6 Å². The summed E-state index contributed by atoms with van der Waals surface area (Å²) in [5.41, 5.74) is 1.39. The van der Waals surface area contributed by atoms with Gasteiger partial charge < -0.3 is 19.1 Å². The molecule has 1 heterocycles. The van der Waals surface area contributed by atoms with Crippen LogP contribution in [0.4, 0.5) is 4.79 Å². The number of ether oxygens (including phenoxy) is 3. The molecule has 2 aromatic rings. The standard InChI is InChI=1S/C27H33N3O6/c1-34-26(32)22-14-16-30(17-15-22)24(31)9-5-6-18-35-23-12-10-21(11-13-23)25(28)29-27(33)36-19-20-7-3-2-4-8-20/h2-4,7-8,10-13,22H,5-6,9,14-19H2,1H3,(H2,28,29,33). The minimum atomic E-state index is -0.688. The lowest BCUT2D eigenvalue weighted by molar-refractivity contribution is -0.148. The number of nitrogens with one attached hydrogen (secondary N) is 2. The van der Waals surface area contributed by atoms with Gasteiger partial charge in [-0.2, -0.15) is 0 Å². The van der Waals surface area contributed by atoms with Crippen LogP contribution in [0.3, 0.4) is 0 Å². The Kier molecular flexibility index (Phi) is 10.3. The molecule has 2 amide bonds. The highest BCUT2D eigenvalue weighted by Gasteiger charge is 2.27. The van der Waals surface area contributed by atoms with Crippen LogP contribution in [-0.2, 0) is 25.7 Å². The van der Waals surface area contributed by atoms with Gasteiger partial charge in [-0.1, -0.05) is 30.3 Å². The molecule has 0 atom stereocenters. The molecule has 1 fully saturated rings. The molecule has 0 bridgehead atoms. The van der Waals surface area contributed by atoms with Crippen molar-refractivity contribution in [3.05, 3.63) is 65.7 Å². The number of hydrogen-bond acceptors (Lipinski definition) is 7. The van der Waals surface area contributed by atoms with Crippen molar-refractivity contribution < 1.29 is 28.6 Å². The first kappa shape index (κ1) is 26.7. The molecule has 3 rings (SSSR count). The van der Waals surface area contributed by atoms with E-state index < -0.39 is 6.09 Å². The fraction of sp³-hybridized carbons (Fsp3) is 0.407. The van der Waals surface area contributed by atoms with Gasteiger partial charge in [-0.3, -0.25) is 20.3 Å². The number of likely N-dealkylation sites (tertiary alicyclic amines) is 1. The Hall–Kier alpha value is -3.88. The molecular formula is C27H33N3O6. The van der Waals surface area contributed by atoms with Gasteiger partial charge in [0.1, 0.15) is 18.2 Å². The molecule has 0 aliphatic carbocycles. The third kappa shape index (κ3) is 8.41. The highest BCUT2D eigenvalue weighted by atomic mass is 16.5. The quantitative estimate of drug-likeness (QED) is 0.223. The Morgan fingerprint density at radius 3 is 2.36 bits per heavy atom. The number of benzene rings is 2. The number of hydrogen-bond donors (Lipinski definition) is 2. The van der Waals surface area contributed by atoms with Crippen molar-refractivity contribution >= 4 is 23.8 Å². The summed E-state index contributed by atoms with van der Waals surface area (Å²) < 4.78 is 15.6. The van der Waals surface area contributed by atoms with Crippen LogP contribution in [0.15, 0.2) is 54.6 Å². The molecule has 1 saturated heterocycles. The third-order valence-corrected chi connectivity index (χ3v) is 6.02. The molecule has 2 N–H and O–H groups in total. The smallest absolute Gasteiger partial charge is 0.413 e. The second-order valence-corrected chi connectivity index (χ2v) is 8.57. The van der Waals surface area contributed by atoms with E-state index in [1.807, 2.05) is 35.2 Å². The van der Waals surface area contributed by atoms with Crippen LogP contribution in [0.5, 0.6) is 5.75 Å². The SMILES string of the molecule is COC(=O)C1CCN(C(=O)CCCCOc2ccc(C(=N)NC(=O)OCc3ccccc3)cc2)CC1. The fourth-order valence-corrected chi connectivity index (χ4v) is 3.91. The highest BCUT2D eigenvalue weighted by molar-refractivity contribution is 6.04. The summed E-state index contributed by atoms with van der Waals surface area (Å²) in [4.78, 5) is 37.7. The van der Waals surface area contributed by atoms with Crippen LogP contribution in [0.1, 0.15) is 43.2 Å². The average Bonchev–Trinajstić information content (AvgIpc) is 2.92. The van der Waals surface area contributed by atoms with E-state index in [9.17, 15) is 14.4 Å². The molecule has 0 unspecified atom stereocenters. The molecule has 192 valence electrons. The van der Waals surface area contributed by atoms with Gasteiger partial charge in [0.25, 0.3) is 0 Å². The van der Waals surface area contributed by atoms with Crippen molar-refractivity contribution in [2.45, 2.75) is 38.7 Å². The first-order chi connectivity index (χ1) is 17.5. The van der Waals surface area contributed by atoms with Crippen LogP contribution < -0.4 is 10.1 Å². The Morgan fingerprint density at radius 2 is 1.69 bits per heavy atom. The van der Waals surface area contributed by atoms with Gasteiger partial charge >= 0.3 is 12.1 Å². The number of amidine groups is 1. The zero-order chi connectivity index (χ0) is 25.8. The number of amides is 2. The molecule has 9 nitrogen and oxygen atoms in total. The van der Waals surface area contributed by atoms with Crippen LogP contribution in [0.2, 0.25) is 0 Å². The average molecular weight is 496 g/mol. The maximum absolute atomic E-state index is 12.4. The van der Waals surface area contributed by atoms with E-state index in [1.165, 1.54) is 7.11 Å². The molecule has 0 saturated carbocycles. The first-order valence-corrected chi connectivity index (χ1v) is 12.1. The molecular weight excluding hydrogens is 462 g/mol. The number of piperidine rings is 1. The van der Waals surface area contributed by atoms with Gasteiger partial charge in [-0.05, 0) is 55.5 Å². The molecule has 36 heavy (non-hydrogen) atoms. The van der Waals surface area contributed by atoms with Crippen molar-refractivity contribution in [3.63, 3.8) is 0 Å². The number of alkyl carbamates (subject to hydrolysis) is 1. The summed E-state index contributed by atoms with van der Waals surface area (Å²) in [6.07, 6.45) is 2.52. The molecule has 0 radical (unpaired) electrons. The van der Waals surface area contributed by atoms with Gasteiger partial charge in [-0.15, -0.1) is 0 Å². The van der Waals surface area contributed by atoms with E-state index in [1.54, 1.807) is 24.3 Å². The summed E-state index contributed by atoms with van der Waals surface area (Å²) in [6, 6.07) is 16.2. The first-order valence-electron chi connectivity index (χ1n) is 12.1. The fourth-order valence-electron chi connectivity index (χ4n) is 3.91. The molecule has 2 aromatic carbocycles. The van der Waals surface area contributed by atoms with E-state index >= 15 is 0 Å². The molecule has 9 heteroatoms. The number of carbonyl (C=O) groups is 3. The number of rotatable bonds is 10. The minimum Gasteiger partial charge on any atom is -0.494 e. The second-order valence-electron chi connectivity index (χ2n) is 8.57. The Labute approximate surface area is 211 Å². The minimum absolute atomic E-state index is 0.0613.